The molecule has 0 spiro atoms. The summed E-state index contributed by atoms with van der Waals surface area (Å²) in [6.07, 6.45) is -4.18. The van der Waals surface area contributed by atoms with Crippen LogP contribution in [0.5, 0.6) is 0 Å². The zero-order valence-electron chi connectivity index (χ0n) is 10.1. The van der Waals surface area contributed by atoms with Crippen molar-refractivity contribution in [3.63, 3.8) is 0 Å². The smallest absolute Gasteiger partial charge is 0.342 e. The van der Waals surface area contributed by atoms with E-state index in [4.69, 9.17) is 0 Å². The van der Waals surface area contributed by atoms with E-state index in [1.165, 1.54) is 11.9 Å². The molecule has 0 radical (unpaired) electrons. The predicted octanol–water partition coefficient (Wildman–Crippen LogP) is 3.70. The van der Waals surface area contributed by atoms with Crippen molar-refractivity contribution in [3.8, 4) is 0 Å². The first-order chi connectivity index (χ1) is 8.79. The molecule has 19 heavy (non-hydrogen) atoms. The summed E-state index contributed by atoms with van der Waals surface area (Å²) < 4.78 is 51.3. The van der Waals surface area contributed by atoms with Crippen LogP contribution < -0.4 is 0 Å². The standard InChI is InChI=1S/C12H12BrF4NO/c1-18(7-3-6-13)11(19)8-4-2-5-9(10(8)14)12(15,16)17/h2,4-5H,3,6-7H2,1H3. The molecule has 0 atom stereocenters. The average molecular weight is 342 g/mol. The molecule has 0 unspecified atom stereocenters. The number of hydrogen-bond acceptors (Lipinski definition) is 1. The van der Waals surface area contributed by atoms with E-state index in [-0.39, 0.29) is 0 Å². The summed E-state index contributed by atoms with van der Waals surface area (Å²) in [5.74, 6) is -2.28. The maximum absolute atomic E-state index is 13.7. The Morgan fingerprint density at radius 1 is 1.37 bits per heavy atom. The monoisotopic (exact) mass is 341 g/mol. The lowest BCUT2D eigenvalue weighted by Crippen LogP contribution is -2.29. The molecule has 0 saturated carbocycles. The molecule has 106 valence electrons. The van der Waals surface area contributed by atoms with E-state index in [1.54, 1.807) is 0 Å². The Kier molecular flexibility index (Phi) is 5.34. The fourth-order valence-electron chi connectivity index (χ4n) is 1.52. The molecule has 1 aromatic rings. The molecule has 0 aromatic heterocycles. The Labute approximate surface area is 116 Å². The van der Waals surface area contributed by atoms with Crippen LogP contribution in [0.4, 0.5) is 17.6 Å². The lowest BCUT2D eigenvalue weighted by Gasteiger charge is -2.18. The Hall–Kier alpha value is -1.11. The van der Waals surface area contributed by atoms with Crippen molar-refractivity contribution < 1.29 is 22.4 Å². The number of amides is 1. The molecule has 0 aliphatic heterocycles. The van der Waals surface area contributed by atoms with Crippen LogP contribution in [0, 0.1) is 5.82 Å². The lowest BCUT2D eigenvalue weighted by molar-refractivity contribution is -0.140. The molecule has 0 N–H and O–H groups in total. The largest absolute Gasteiger partial charge is 0.419 e. The van der Waals surface area contributed by atoms with Crippen LogP contribution in [0.1, 0.15) is 22.3 Å². The third-order valence-corrected chi connectivity index (χ3v) is 3.07. The molecule has 0 aliphatic carbocycles. The van der Waals surface area contributed by atoms with E-state index in [1.807, 2.05) is 0 Å². The van der Waals surface area contributed by atoms with Crippen molar-refractivity contribution in [2.75, 3.05) is 18.9 Å². The number of nitrogens with zero attached hydrogens (tertiary/aromatic N) is 1. The highest BCUT2D eigenvalue weighted by Crippen LogP contribution is 2.32. The molecule has 0 heterocycles. The second-order valence-electron chi connectivity index (χ2n) is 3.93. The highest BCUT2D eigenvalue weighted by molar-refractivity contribution is 9.09. The first-order valence-corrected chi connectivity index (χ1v) is 6.58. The second kappa shape index (κ2) is 6.36. The van der Waals surface area contributed by atoms with Crippen LogP contribution in [-0.2, 0) is 6.18 Å². The number of benzene rings is 1. The highest BCUT2D eigenvalue weighted by atomic mass is 79.9. The molecular weight excluding hydrogens is 330 g/mol. The summed E-state index contributed by atoms with van der Waals surface area (Å²) in [5, 5.41) is 0.649. The van der Waals surface area contributed by atoms with Gasteiger partial charge in [-0.25, -0.2) is 4.39 Å². The molecular formula is C12H12BrF4NO. The SMILES string of the molecule is CN(CCCBr)C(=O)c1cccc(C(F)(F)F)c1F. The Morgan fingerprint density at radius 2 is 2.00 bits per heavy atom. The molecule has 0 aliphatic rings. The van der Waals surface area contributed by atoms with Crippen molar-refractivity contribution in [3.05, 3.63) is 35.1 Å². The summed E-state index contributed by atoms with van der Waals surface area (Å²) in [6, 6.07) is 2.69. The van der Waals surface area contributed by atoms with Crippen LogP contribution in [-0.4, -0.2) is 29.7 Å². The maximum Gasteiger partial charge on any atom is 0.419 e. The van der Waals surface area contributed by atoms with Crippen molar-refractivity contribution in [1.82, 2.24) is 4.90 Å². The zero-order valence-corrected chi connectivity index (χ0v) is 11.7. The van der Waals surface area contributed by atoms with E-state index >= 15 is 0 Å². The molecule has 2 nitrogen and oxygen atoms in total. The number of alkyl halides is 4. The first kappa shape index (κ1) is 15.9. The summed E-state index contributed by atoms with van der Waals surface area (Å²) in [6.45, 7) is 0.333. The quantitative estimate of drug-likeness (QED) is 0.604. The van der Waals surface area contributed by atoms with E-state index in [9.17, 15) is 22.4 Å². The van der Waals surface area contributed by atoms with Gasteiger partial charge in [-0.15, -0.1) is 0 Å². The lowest BCUT2D eigenvalue weighted by atomic mass is 10.1. The topological polar surface area (TPSA) is 20.3 Å². The van der Waals surface area contributed by atoms with Gasteiger partial charge in [0, 0.05) is 18.9 Å². The van der Waals surface area contributed by atoms with Gasteiger partial charge >= 0.3 is 6.18 Å². The van der Waals surface area contributed by atoms with Crippen LogP contribution in [0.3, 0.4) is 0 Å². The van der Waals surface area contributed by atoms with Crippen LogP contribution in [0.2, 0.25) is 0 Å². The van der Waals surface area contributed by atoms with Crippen molar-refractivity contribution in [1.29, 1.82) is 0 Å². The summed E-state index contributed by atoms with van der Waals surface area (Å²) >= 11 is 3.17. The molecule has 1 aromatic carbocycles. The van der Waals surface area contributed by atoms with Crippen molar-refractivity contribution in [2.24, 2.45) is 0 Å². The van der Waals surface area contributed by atoms with E-state index < -0.39 is 29.0 Å². The van der Waals surface area contributed by atoms with Gasteiger partial charge in [0.15, 0.2) is 0 Å². The Morgan fingerprint density at radius 3 is 2.53 bits per heavy atom. The van der Waals surface area contributed by atoms with Crippen LogP contribution in [0.25, 0.3) is 0 Å². The minimum atomic E-state index is -4.81. The summed E-state index contributed by atoms with van der Waals surface area (Å²) in [7, 11) is 1.42. The fraction of sp³-hybridized carbons (Fsp3) is 0.417. The third-order valence-electron chi connectivity index (χ3n) is 2.51. The van der Waals surface area contributed by atoms with E-state index in [0.717, 1.165) is 12.1 Å². The van der Waals surface area contributed by atoms with E-state index in [2.05, 4.69) is 15.9 Å². The third kappa shape index (κ3) is 3.92. The maximum atomic E-state index is 13.7. The van der Waals surface area contributed by atoms with Crippen LogP contribution >= 0.6 is 15.9 Å². The van der Waals surface area contributed by atoms with Gasteiger partial charge < -0.3 is 4.90 Å². The van der Waals surface area contributed by atoms with Crippen LogP contribution in [0.15, 0.2) is 18.2 Å². The van der Waals surface area contributed by atoms with Gasteiger partial charge in [-0.2, -0.15) is 13.2 Å². The molecule has 0 saturated heterocycles. The van der Waals surface area contributed by atoms with Gasteiger partial charge in [-0.05, 0) is 18.6 Å². The summed E-state index contributed by atoms with van der Waals surface area (Å²) in [4.78, 5) is 13.0. The van der Waals surface area contributed by atoms with Gasteiger partial charge in [0.2, 0.25) is 0 Å². The first-order valence-electron chi connectivity index (χ1n) is 5.46. The van der Waals surface area contributed by atoms with E-state index in [0.29, 0.717) is 24.4 Å². The molecule has 0 fully saturated rings. The minimum Gasteiger partial charge on any atom is -0.342 e. The minimum absolute atomic E-state index is 0.333. The predicted molar refractivity (Wildman–Crippen MR) is 66.8 cm³/mol. The number of halogens is 5. The zero-order chi connectivity index (χ0) is 14.6. The molecule has 1 amide bonds. The molecule has 7 heteroatoms. The number of hydrogen-bond donors (Lipinski definition) is 0. The Bertz CT molecular complexity index is 462. The van der Waals surface area contributed by atoms with Gasteiger partial charge in [-0.3, -0.25) is 4.79 Å². The highest BCUT2D eigenvalue weighted by Gasteiger charge is 2.35. The fourth-order valence-corrected chi connectivity index (χ4v) is 1.77. The van der Waals surface area contributed by atoms with Crippen molar-refractivity contribution >= 4 is 21.8 Å². The molecule has 1 rings (SSSR count). The average Bonchev–Trinajstić information content (AvgIpc) is 2.34. The number of rotatable bonds is 4. The van der Waals surface area contributed by atoms with Crippen molar-refractivity contribution in [2.45, 2.75) is 12.6 Å². The van der Waals surface area contributed by atoms with Gasteiger partial charge in [0.05, 0.1) is 11.1 Å². The van der Waals surface area contributed by atoms with Gasteiger partial charge in [0.1, 0.15) is 5.82 Å². The van der Waals surface area contributed by atoms with Gasteiger partial charge in [-0.1, -0.05) is 22.0 Å². The number of carbonyl (C=O) groups excluding carboxylic acids is 1. The molecule has 0 bridgehead atoms. The Balaban J connectivity index is 3.05. The normalized spacial score (nSPS) is 11.5. The van der Waals surface area contributed by atoms with Gasteiger partial charge in [0.25, 0.3) is 5.91 Å². The second-order valence-corrected chi connectivity index (χ2v) is 4.73. The number of carbonyl (C=O) groups is 1. The summed E-state index contributed by atoms with van der Waals surface area (Å²) in [5.41, 5.74) is -1.99.